The average molecular weight is 1490 g/mol. The summed E-state index contributed by atoms with van der Waals surface area (Å²) in [6.45, 7) is 1.64. The molecule has 31 nitrogen and oxygen atoms in total. The summed E-state index contributed by atoms with van der Waals surface area (Å²) in [7, 11) is 0. The molecule has 1 saturated heterocycles. The van der Waals surface area contributed by atoms with Gasteiger partial charge in [0.1, 0.15) is 66.2 Å². The fraction of sp³-hybridized carbons (Fsp3) is 0.375. The first-order valence-electron chi connectivity index (χ1n) is 34.0. The predicted octanol–water partition coefficient (Wildman–Crippen LogP) is -0.328. The largest absolute Gasteiger partial charge is 0.508 e. The Bertz CT molecular complexity index is 4030. The number of aromatic hydroxyl groups is 1. The molecule has 560 valence electrons. The number of nitrogens with one attached hydrogen (secondary N) is 10. The number of phenols is 1. The summed E-state index contributed by atoms with van der Waals surface area (Å²) in [4.78, 5) is 169. The Balaban J connectivity index is 1.17. The summed E-state index contributed by atoms with van der Waals surface area (Å²) in [5, 5.41) is 46.8. The number of primary amides is 1. The molecule has 6 aromatic rings. The van der Waals surface area contributed by atoms with Crippen molar-refractivity contribution in [3.8, 4) is 5.75 Å². The third kappa shape index (κ3) is 25.9. The van der Waals surface area contributed by atoms with Gasteiger partial charge in [-0.15, -0.1) is 0 Å². The van der Waals surface area contributed by atoms with Gasteiger partial charge in [-0.1, -0.05) is 108 Å². The molecule has 2 heterocycles. The Labute approximate surface area is 615 Å². The van der Waals surface area contributed by atoms with Gasteiger partial charge >= 0.3 is 0 Å². The summed E-state index contributed by atoms with van der Waals surface area (Å²) < 4.78 is 0. The summed E-state index contributed by atoms with van der Waals surface area (Å²) in [5.41, 5.74) is 31.1. The van der Waals surface area contributed by atoms with Crippen molar-refractivity contribution in [2.45, 2.75) is 145 Å². The van der Waals surface area contributed by atoms with E-state index < -0.39 is 132 Å². The number of amides is 11. The van der Waals surface area contributed by atoms with Crippen molar-refractivity contribution < 1.29 is 63.0 Å². The number of aliphatic imine (C=N–C) groups is 2. The highest BCUT2D eigenvalue weighted by atomic mass is 35.5. The lowest BCUT2D eigenvalue weighted by Crippen LogP contribution is -2.61. The van der Waals surface area contributed by atoms with E-state index in [0.717, 1.165) is 5.39 Å². The second-order valence-electron chi connectivity index (χ2n) is 25.4. The van der Waals surface area contributed by atoms with Crippen LogP contribution in [0, 0.1) is 0 Å². The van der Waals surface area contributed by atoms with Crippen LogP contribution in [-0.4, -0.2) is 184 Å². The molecule has 1 aromatic heterocycles. The lowest BCUT2D eigenvalue weighted by molar-refractivity contribution is -0.142. The van der Waals surface area contributed by atoms with Crippen LogP contribution in [0.2, 0.25) is 10.0 Å². The van der Waals surface area contributed by atoms with Crippen molar-refractivity contribution in [3.05, 3.63) is 171 Å². The molecule has 10 atom stereocenters. The van der Waals surface area contributed by atoms with Gasteiger partial charge in [0.2, 0.25) is 65.0 Å². The molecule has 22 N–H and O–H groups in total. The lowest BCUT2D eigenvalue weighted by atomic mass is 10.0. The number of benzene rings is 5. The van der Waals surface area contributed by atoms with E-state index >= 15 is 4.79 Å². The number of guanidine groups is 2. The molecule has 5 aromatic carbocycles. The van der Waals surface area contributed by atoms with E-state index in [0.29, 0.717) is 49.9 Å². The summed E-state index contributed by atoms with van der Waals surface area (Å²) in [6.07, 6.45) is -0.366. The Kier molecular flexibility index (Phi) is 30.8. The first-order valence-corrected chi connectivity index (χ1v) is 34.8. The van der Waals surface area contributed by atoms with Gasteiger partial charge < -0.3 is 96.6 Å². The first-order chi connectivity index (χ1) is 50.1. The third-order valence-corrected chi connectivity index (χ3v) is 17.7. The Morgan fingerprint density at radius 3 is 1.37 bits per heavy atom. The number of phenolic OH excluding ortho intramolecular Hbond substituents is 1. The van der Waals surface area contributed by atoms with Gasteiger partial charge in [-0.05, 0) is 122 Å². The van der Waals surface area contributed by atoms with E-state index in [2.05, 4.69) is 62.8 Å². The number of aliphatic hydroxyl groups excluding tert-OH is 1. The number of nitrogens with zero attached hydrogens (tertiary/aromatic N) is 3. The number of fused-ring (bicyclic) bond motifs is 1. The number of carbonyl (C=O) groups excluding carboxylic acids is 11. The van der Waals surface area contributed by atoms with E-state index in [9.17, 15) is 58.2 Å². The maximum atomic E-state index is 15.0. The van der Waals surface area contributed by atoms with Crippen LogP contribution in [-0.2, 0) is 84.8 Å². The molecule has 0 radical (unpaired) electrons. The fourth-order valence-electron chi connectivity index (χ4n) is 11.7. The number of hydrogen-bond acceptors (Lipinski definition) is 15. The molecule has 105 heavy (non-hydrogen) atoms. The number of likely N-dealkylation sites (tertiary alicyclic amines) is 1. The van der Waals surface area contributed by atoms with Gasteiger partial charge in [0.15, 0.2) is 11.9 Å². The number of aromatic nitrogens is 1. The molecular formula is C72H90Cl2N18O13. The van der Waals surface area contributed by atoms with Gasteiger partial charge in [-0.3, -0.25) is 62.7 Å². The van der Waals surface area contributed by atoms with Crippen molar-refractivity contribution in [1.82, 2.24) is 57.7 Å². The summed E-state index contributed by atoms with van der Waals surface area (Å²) in [5.74, 6) is -9.87. The van der Waals surface area contributed by atoms with Gasteiger partial charge in [-0.25, -0.2) is 0 Å². The third-order valence-electron chi connectivity index (χ3n) is 17.2. The number of rotatable bonds is 38. The van der Waals surface area contributed by atoms with Gasteiger partial charge in [-0.2, -0.15) is 0 Å². The van der Waals surface area contributed by atoms with Gasteiger partial charge in [0, 0.05) is 79.9 Å². The molecular weight excluding hydrogens is 1400 g/mol. The van der Waals surface area contributed by atoms with Crippen molar-refractivity contribution >= 4 is 111 Å². The molecule has 0 unspecified atom stereocenters. The van der Waals surface area contributed by atoms with Crippen molar-refractivity contribution in [3.63, 3.8) is 0 Å². The van der Waals surface area contributed by atoms with Gasteiger partial charge in [0.25, 0.3) is 0 Å². The smallest absolute Gasteiger partial charge is 0.245 e. The molecule has 0 aliphatic carbocycles. The van der Waals surface area contributed by atoms with Crippen LogP contribution in [0.3, 0.4) is 0 Å². The van der Waals surface area contributed by atoms with E-state index in [4.69, 9.17) is 51.9 Å². The molecule has 0 bridgehead atoms. The van der Waals surface area contributed by atoms with Crippen LogP contribution >= 0.6 is 23.2 Å². The molecule has 1 aliphatic rings. The number of nitrogens with two attached hydrogens (primary N) is 5. The number of aromatic amines is 1. The molecule has 7 rings (SSSR count). The molecule has 0 saturated carbocycles. The lowest BCUT2D eigenvalue weighted by Gasteiger charge is -2.30. The van der Waals surface area contributed by atoms with Crippen LogP contribution in [0.1, 0.15) is 80.3 Å². The zero-order chi connectivity index (χ0) is 76.3. The minimum atomic E-state index is -1.86. The topological polar surface area (TPSA) is 510 Å². The number of carbonyl (C=O) groups is 11. The highest BCUT2D eigenvalue weighted by Gasteiger charge is 2.40. The molecule has 0 spiro atoms. The molecule has 1 aliphatic heterocycles. The van der Waals surface area contributed by atoms with Crippen molar-refractivity contribution in [2.24, 2.45) is 38.7 Å². The summed E-state index contributed by atoms with van der Waals surface area (Å²) >= 11 is 12.4. The maximum absolute atomic E-state index is 15.0. The molecule has 33 heteroatoms. The monoisotopic (exact) mass is 1480 g/mol. The van der Waals surface area contributed by atoms with Crippen molar-refractivity contribution in [1.29, 1.82) is 0 Å². The normalized spacial score (nSPS) is 15.1. The van der Waals surface area contributed by atoms with E-state index in [1.165, 1.54) is 43.0 Å². The fourth-order valence-corrected chi connectivity index (χ4v) is 12.0. The van der Waals surface area contributed by atoms with E-state index in [1.807, 2.05) is 6.07 Å². The van der Waals surface area contributed by atoms with E-state index in [-0.39, 0.29) is 102 Å². The molecule has 11 amide bonds. The number of para-hydroxylation sites is 1. The average Bonchev–Trinajstić information content (AvgIpc) is 1.74. The SMILES string of the molecule is CC(=O)N[C@H](Cc1ccc(Cl)cc1)C(=O)N[C@H](Cc1ccc(Cl)cc1)C(=O)N[C@H](Cc1cc2ccccc2[nH]1)C(=O)N[C@@H](CO)C(=O)N[C@@H](Cc1ccc(O)cc1)C(=O)N[C@H](CCCN=C(N)N)C(=O)N[C@@H](Cc1ccccc1)C(=O)N[C@@H](CCCN=C(N)N)C(=O)N1CCC[C@H]1C(=O)N[C@H](C)C(N)=O. The second-order valence-corrected chi connectivity index (χ2v) is 26.3. The van der Waals surface area contributed by atoms with Crippen molar-refractivity contribution in [2.75, 3.05) is 26.2 Å². The van der Waals surface area contributed by atoms with Crippen LogP contribution in [0.25, 0.3) is 10.9 Å². The highest BCUT2D eigenvalue weighted by molar-refractivity contribution is 6.30. The Morgan fingerprint density at radius 1 is 0.505 bits per heavy atom. The number of H-pyrrole nitrogens is 1. The minimum Gasteiger partial charge on any atom is -0.508 e. The highest BCUT2D eigenvalue weighted by Crippen LogP contribution is 2.23. The van der Waals surface area contributed by atoms with Crippen LogP contribution in [0.4, 0.5) is 0 Å². The standard InChI is InChI=1S/C72H90Cl2N18O13/c1-40(61(75)96)82-69(104)60-17-10-32-92(60)70(105)53(16-9-31-81-72(78)79)86-65(100)55(33-42-11-4-3-5-12-42)87-62(97)52(15-8-30-80-71(76)77)85-64(99)56(36-45-22-28-50(95)29-23-45)89-68(103)59(39-93)91-67(102)58(38-49-37-46-13-6-7-14-51(46)84-49)90-66(101)57(35-44-20-26-48(74)27-21-44)88-63(98)54(83-41(2)94)34-43-18-24-47(73)25-19-43/h3-7,11-14,18-29,37,40,52-60,84,93,95H,8-10,15-17,30-36,38-39H2,1-2H3,(H2,75,96)(H,82,104)(H,83,94)(H,85,99)(H,86,100)(H,87,97)(H,88,98)(H,89,103)(H,90,101)(H,91,102)(H4,76,77,80)(H4,78,79,81)/t40-,52-,53+,54-,55+,56+,57-,58-,59+,60+/m1/s1. The minimum absolute atomic E-state index is 0.00948. The van der Waals surface area contributed by atoms with Crippen LogP contribution in [0.5, 0.6) is 5.75 Å². The quantitative estimate of drug-likeness (QED) is 0.0134. The van der Waals surface area contributed by atoms with E-state index in [1.54, 1.807) is 103 Å². The van der Waals surface area contributed by atoms with Crippen LogP contribution < -0.4 is 76.5 Å². The maximum Gasteiger partial charge on any atom is 0.245 e. The Morgan fingerprint density at radius 2 is 0.905 bits per heavy atom. The second kappa shape index (κ2) is 39.9. The first kappa shape index (κ1) is 81.0. The Hall–Kier alpha value is -11.3. The number of hydrogen-bond donors (Lipinski definition) is 17. The number of halogens is 2. The zero-order valence-corrected chi connectivity index (χ0v) is 59.5. The summed E-state index contributed by atoms with van der Waals surface area (Å²) in [6, 6.07) is 21.9. The van der Waals surface area contributed by atoms with Crippen LogP contribution in [0.15, 0.2) is 143 Å². The zero-order valence-electron chi connectivity index (χ0n) is 58.0. The van der Waals surface area contributed by atoms with Gasteiger partial charge in [0.05, 0.1) is 6.61 Å². The predicted molar refractivity (Wildman–Crippen MR) is 394 cm³/mol. The molecule has 1 fully saturated rings. The number of aliphatic hydroxyl groups is 1.